The zero-order valence-electron chi connectivity index (χ0n) is 15.2. The maximum absolute atomic E-state index is 12.7. The quantitative estimate of drug-likeness (QED) is 0.898. The fraction of sp³-hybridized carbons (Fsp3) is 0.429. The summed E-state index contributed by atoms with van der Waals surface area (Å²) in [5.41, 5.74) is 1.09. The molecule has 2 aromatic rings. The number of fused-ring (bicyclic) bond motifs is 2. The van der Waals surface area contributed by atoms with Gasteiger partial charge in [0.15, 0.2) is 0 Å². The van der Waals surface area contributed by atoms with Gasteiger partial charge >= 0.3 is 6.09 Å². The van der Waals surface area contributed by atoms with E-state index in [-0.39, 0.29) is 24.8 Å². The Hall–Kier alpha value is -2.44. The van der Waals surface area contributed by atoms with Crippen molar-refractivity contribution in [3.05, 3.63) is 66.0 Å². The van der Waals surface area contributed by atoms with Crippen LogP contribution in [0, 0.1) is 0 Å². The summed E-state index contributed by atoms with van der Waals surface area (Å²) in [7, 11) is 0. The summed E-state index contributed by atoms with van der Waals surface area (Å²) in [6.07, 6.45) is 4.64. The molecule has 0 radical (unpaired) electrons. The monoisotopic (exact) mass is 368 g/mol. The molecule has 4 rings (SSSR count). The summed E-state index contributed by atoms with van der Waals surface area (Å²) < 4.78 is 11.2. The molecule has 6 heteroatoms. The van der Waals surface area contributed by atoms with Crippen molar-refractivity contribution in [2.45, 2.75) is 43.6 Å². The van der Waals surface area contributed by atoms with Crippen LogP contribution in [0.2, 0.25) is 0 Å². The van der Waals surface area contributed by atoms with Crippen LogP contribution in [-0.4, -0.2) is 52.0 Å². The maximum atomic E-state index is 12.7. The molecule has 27 heavy (non-hydrogen) atoms. The van der Waals surface area contributed by atoms with E-state index < -0.39 is 5.60 Å². The third-order valence-corrected chi connectivity index (χ3v) is 5.31. The van der Waals surface area contributed by atoms with Crippen molar-refractivity contribution < 1.29 is 19.4 Å². The molecule has 1 N–H and O–H groups in total. The second-order valence-corrected chi connectivity index (χ2v) is 7.46. The van der Waals surface area contributed by atoms with E-state index in [1.807, 2.05) is 42.5 Å². The lowest BCUT2D eigenvalue weighted by molar-refractivity contribution is -0.132. The van der Waals surface area contributed by atoms with Crippen LogP contribution in [0.15, 0.2) is 54.9 Å². The summed E-state index contributed by atoms with van der Waals surface area (Å²) in [5, 5.41) is 11.2. The standard InChI is InChI=1S/C21H24N2O4/c24-20(27-13-16-5-2-1-3-6-16)23-18-10-21(25,11-19(23)15-26-14-18)9-17-7-4-8-22-12-17/h1-8,12,18-19,25H,9-11,13-15H2. The summed E-state index contributed by atoms with van der Waals surface area (Å²) in [5.74, 6) is 0. The highest BCUT2D eigenvalue weighted by atomic mass is 16.6. The number of amides is 1. The lowest BCUT2D eigenvalue weighted by Gasteiger charge is -2.50. The zero-order chi connectivity index (χ0) is 18.7. The van der Waals surface area contributed by atoms with E-state index in [0.29, 0.717) is 32.5 Å². The first-order chi connectivity index (χ1) is 13.1. The van der Waals surface area contributed by atoms with Gasteiger partial charge in [0.05, 0.1) is 30.9 Å². The van der Waals surface area contributed by atoms with E-state index in [1.165, 1.54) is 0 Å². The van der Waals surface area contributed by atoms with Gasteiger partial charge in [-0.25, -0.2) is 4.79 Å². The number of hydrogen-bond acceptors (Lipinski definition) is 5. The Bertz CT molecular complexity index is 754. The number of carbonyl (C=O) groups excluding carboxylic acids is 1. The topological polar surface area (TPSA) is 71.9 Å². The molecule has 2 fully saturated rings. The molecule has 1 aromatic carbocycles. The molecule has 3 heterocycles. The van der Waals surface area contributed by atoms with E-state index in [4.69, 9.17) is 9.47 Å². The van der Waals surface area contributed by atoms with Crippen LogP contribution in [0.1, 0.15) is 24.0 Å². The molecule has 2 bridgehead atoms. The molecule has 2 aliphatic heterocycles. The fourth-order valence-corrected chi connectivity index (χ4v) is 4.19. The third kappa shape index (κ3) is 4.12. The molecule has 0 aliphatic carbocycles. The van der Waals surface area contributed by atoms with Gasteiger partial charge < -0.3 is 14.6 Å². The minimum atomic E-state index is -0.863. The van der Waals surface area contributed by atoms with E-state index in [0.717, 1.165) is 11.1 Å². The fourth-order valence-electron chi connectivity index (χ4n) is 4.19. The van der Waals surface area contributed by atoms with E-state index in [1.54, 1.807) is 17.3 Å². The molecule has 2 aliphatic rings. The summed E-state index contributed by atoms with van der Waals surface area (Å²) in [6, 6.07) is 13.1. The molecule has 0 spiro atoms. The molecule has 0 saturated carbocycles. The Balaban J connectivity index is 1.43. The Morgan fingerprint density at radius 2 is 1.85 bits per heavy atom. The van der Waals surface area contributed by atoms with Crippen molar-refractivity contribution >= 4 is 6.09 Å². The van der Waals surface area contributed by atoms with Gasteiger partial charge in [0.2, 0.25) is 0 Å². The van der Waals surface area contributed by atoms with Crippen LogP contribution < -0.4 is 0 Å². The molecular formula is C21H24N2O4. The van der Waals surface area contributed by atoms with Crippen LogP contribution >= 0.6 is 0 Å². The average Bonchev–Trinajstić information content (AvgIpc) is 2.67. The highest BCUT2D eigenvalue weighted by molar-refractivity contribution is 5.69. The third-order valence-electron chi connectivity index (χ3n) is 5.31. The highest BCUT2D eigenvalue weighted by Crippen LogP contribution is 2.37. The van der Waals surface area contributed by atoms with Crippen LogP contribution in [0.4, 0.5) is 4.79 Å². The number of hydrogen-bond donors (Lipinski definition) is 1. The Morgan fingerprint density at radius 3 is 2.52 bits per heavy atom. The van der Waals surface area contributed by atoms with Crippen molar-refractivity contribution in [2.75, 3.05) is 13.2 Å². The second kappa shape index (κ2) is 7.66. The van der Waals surface area contributed by atoms with Gasteiger partial charge in [-0.2, -0.15) is 0 Å². The first-order valence-electron chi connectivity index (χ1n) is 9.31. The van der Waals surface area contributed by atoms with Crippen LogP contribution in [0.3, 0.4) is 0 Å². The predicted octanol–water partition coefficient (Wildman–Crippen LogP) is 2.56. The Kier molecular flexibility index (Phi) is 5.09. The van der Waals surface area contributed by atoms with Crippen molar-refractivity contribution in [1.82, 2.24) is 9.88 Å². The van der Waals surface area contributed by atoms with Gasteiger partial charge in [-0.1, -0.05) is 36.4 Å². The molecule has 2 atom stereocenters. The number of aromatic nitrogens is 1. The van der Waals surface area contributed by atoms with E-state index in [9.17, 15) is 9.90 Å². The van der Waals surface area contributed by atoms with Crippen LogP contribution in [0.5, 0.6) is 0 Å². The Labute approximate surface area is 158 Å². The molecule has 142 valence electrons. The summed E-state index contributed by atoms with van der Waals surface area (Å²) >= 11 is 0. The van der Waals surface area contributed by atoms with Crippen molar-refractivity contribution in [1.29, 1.82) is 0 Å². The first kappa shape index (κ1) is 17.9. The number of ether oxygens (including phenoxy) is 2. The van der Waals surface area contributed by atoms with Gasteiger partial charge in [0.1, 0.15) is 6.61 Å². The normalized spacial score (nSPS) is 27.2. The number of piperidine rings is 1. The van der Waals surface area contributed by atoms with E-state index >= 15 is 0 Å². The summed E-state index contributed by atoms with van der Waals surface area (Å²) in [4.78, 5) is 18.6. The predicted molar refractivity (Wildman–Crippen MR) is 99.0 cm³/mol. The van der Waals surface area contributed by atoms with Crippen molar-refractivity contribution in [3.63, 3.8) is 0 Å². The first-order valence-corrected chi connectivity index (χ1v) is 9.31. The largest absolute Gasteiger partial charge is 0.445 e. The lowest BCUT2D eigenvalue weighted by atomic mass is 9.78. The van der Waals surface area contributed by atoms with Gasteiger partial charge in [-0.15, -0.1) is 0 Å². The molecule has 2 saturated heterocycles. The number of morpholine rings is 1. The van der Waals surface area contributed by atoms with Gasteiger partial charge in [-0.3, -0.25) is 9.88 Å². The van der Waals surface area contributed by atoms with Crippen LogP contribution in [0.25, 0.3) is 0 Å². The van der Waals surface area contributed by atoms with Crippen LogP contribution in [-0.2, 0) is 22.5 Å². The van der Waals surface area contributed by atoms with Crippen molar-refractivity contribution in [2.24, 2.45) is 0 Å². The molecule has 1 amide bonds. The van der Waals surface area contributed by atoms with Gasteiger partial charge in [0, 0.05) is 18.8 Å². The minimum Gasteiger partial charge on any atom is -0.445 e. The smallest absolute Gasteiger partial charge is 0.410 e. The maximum Gasteiger partial charge on any atom is 0.410 e. The SMILES string of the molecule is O=C(OCc1ccccc1)N1C2COCC1CC(O)(Cc1cccnc1)C2. The average molecular weight is 368 g/mol. The minimum absolute atomic E-state index is 0.178. The molecule has 2 unspecified atom stereocenters. The number of pyridine rings is 1. The van der Waals surface area contributed by atoms with Gasteiger partial charge in [0.25, 0.3) is 0 Å². The number of carbonyl (C=O) groups is 1. The van der Waals surface area contributed by atoms with Gasteiger partial charge in [-0.05, 0) is 30.0 Å². The molecule has 1 aromatic heterocycles. The molecule has 6 nitrogen and oxygen atoms in total. The zero-order valence-corrected chi connectivity index (χ0v) is 15.2. The van der Waals surface area contributed by atoms with E-state index in [2.05, 4.69) is 4.98 Å². The lowest BCUT2D eigenvalue weighted by Crippen LogP contribution is -2.64. The second-order valence-electron chi connectivity index (χ2n) is 7.46. The molecular weight excluding hydrogens is 344 g/mol. The number of nitrogens with zero attached hydrogens (tertiary/aromatic N) is 2. The van der Waals surface area contributed by atoms with Crippen molar-refractivity contribution in [3.8, 4) is 0 Å². The number of rotatable bonds is 4. The number of benzene rings is 1. The summed E-state index contributed by atoms with van der Waals surface area (Å²) in [6.45, 7) is 1.09. The Morgan fingerprint density at radius 1 is 1.15 bits per heavy atom. The highest BCUT2D eigenvalue weighted by Gasteiger charge is 2.48. The number of aliphatic hydroxyl groups is 1.